The van der Waals surface area contributed by atoms with Crippen LogP contribution in [0.25, 0.3) is 0 Å². The average molecular weight is 342 g/mol. The van der Waals surface area contributed by atoms with Gasteiger partial charge >= 0.3 is 0 Å². The van der Waals surface area contributed by atoms with Gasteiger partial charge in [-0.15, -0.1) is 0 Å². The van der Waals surface area contributed by atoms with Gasteiger partial charge in [0.15, 0.2) is 0 Å². The lowest BCUT2D eigenvalue weighted by molar-refractivity contribution is 0.170. The second-order valence-electron chi connectivity index (χ2n) is 9.27. The molecular formula is C23H35NO. The van der Waals surface area contributed by atoms with Crippen LogP contribution in [0.2, 0.25) is 0 Å². The van der Waals surface area contributed by atoms with Gasteiger partial charge in [-0.2, -0.15) is 0 Å². The molecule has 0 radical (unpaired) electrons. The van der Waals surface area contributed by atoms with Crippen molar-refractivity contribution in [3.8, 4) is 5.75 Å². The zero-order chi connectivity index (χ0) is 17.9. The molecule has 25 heavy (non-hydrogen) atoms. The molecule has 3 rings (SSSR count). The molecule has 0 bridgehead atoms. The summed E-state index contributed by atoms with van der Waals surface area (Å²) in [6.07, 6.45) is 13.2. The molecular weight excluding hydrogens is 306 g/mol. The normalized spacial score (nSPS) is 26.2. The molecule has 0 aliphatic heterocycles. The van der Waals surface area contributed by atoms with Gasteiger partial charge < -0.3 is 5.11 Å². The van der Waals surface area contributed by atoms with Crippen molar-refractivity contribution in [1.29, 1.82) is 0 Å². The number of benzene rings is 1. The fraction of sp³-hybridized carbons (Fsp3) is 0.696. The van der Waals surface area contributed by atoms with Crippen LogP contribution < -0.4 is 0 Å². The predicted octanol–water partition coefficient (Wildman–Crippen LogP) is 6.46. The first-order valence-electron chi connectivity index (χ1n) is 10.3. The second-order valence-corrected chi connectivity index (χ2v) is 9.27. The third-order valence-corrected chi connectivity index (χ3v) is 6.49. The van der Waals surface area contributed by atoms with Crippen molar-refractivity contribution < 1.29 is 5.11 Å². The molecule has 2 saturated carbocycles. The van der Waals surface area contributed by atoms with Crippen molar-refractivity contribution in [3.63, 3.8) is 0 Å². The van der Waals surface area contributed by atoms with E-state index in [1.54, 1.807) is 0 Å². The molecule has 2 aliphatic rings. The lowest BCUT2D eigenvalue weighted by Crippen LogP contribution is -2.27. The smallest absolute Gasteiger partial charge is 0.127 e. The molecule has 1 aromatic carbocycles. The van der Waals surface area contributed by atoms with Crippen LogP contribution in [0, 0.1) is 11.3 Å². The van der Waals surface area contributed by atoms with Gasteiger partial charge in [0.05, 0.1) is 0 Å². The van der Waals surface area contributed by atoms with E-state index in [9.17, 15) is 5.11 Å². The van der Waals surface area contributed by atoms with E-state index in [2.05, 4.69) is 32.9 Å². The van der Waals surface area contributed by atoms with Gasteiger partial charge in [0.2, 0.25) is 0 Å². The van der Waals surface area contributed by atoms with Crippen molar-refractivity contribution in [2.45, 2.75) is 90.5 Å². The summed E-state index contributed by atoms with van der Waals surface area (Å²) in [7, 11) is 0. The number of phenols is 1. The molecule has 1 N–H and O–H groups in total. The predicted molar refractivity (Wildman–Crippen MR) is 107 cm³/mol. The largest absolute Gasteiger partial charge is 0.507 e. The number of hydrogen-bond donors (Lipinski definition) is 1. The van der Waals surface area contributed by atoms with Crippen molar-refractivity contribution in [2.75, 3.05) is 0 Å². The number of aliphatic imine (C=N–C) groups is 1. The van der Waals surface area contributed by atoms with Gasteiger partial charge in [-0.25, -0.2) is 0 Å². The van der Waals surface area contributed by atoms with Gasteiger partial charge in [-0.1, -0.05) is 52.2 Å². The Morgan fingerprint density at radius 2 is 1.64 bits per heavy atom. The lowest BCUT2D eigenvalue weighted by Gasteiger charge is -2.35. The minimum atomic E-state index is 0.418. The van der Waals surface area contributed by atoms with E-state index in [1.807, 2.05) is 12.3 Å². The highest BCUT2D eigenvalue weighted by Gasteiger charge is 2.29. The fourth-order valence-corrected chi connectivity index (χ4v) is 4.70. The van der Waals surface area contributed by atoms with Crippen LogP contribution in [0.15, 0.2) is 23.2 Å². The minimum absolute atomic E-state index is 0.418. The summed E-state index contributed by atoms with van der Waals surface area (Å²) < 4.78 is 0. The molecule has 0 saturated heterocycles. The molecule has 0 unspecified atom stereocenters. The first-order chi connectivity index (χ1) is 11.9. The van der Waals surface area contributed by atoms with Crippen LogP contribution in [0.5, 0.6) is 5.75 Å². The SMILES string of the molecule is CC(C)(C)C1CCC(N=Cc2cccc(C3CCCCC3)c2O)CC1. The van der Waals surface area contributed by atoms with Gasteiger partial charge in [0, 0.05) is 17.8 Å². The van der Waals surface area contributed by atoms with Crippen LogP contribution in [0.3, 0.4) is 0 Å². The Morgan fingerprint density at radius 1 is 0.960 bits per heavy atom. The maximum Gasteiger partial charge on any atom is 0.127 e. The molecule has 0 heterocycles. The number of rotatable bonds is 3. The summed E-state index contributed by atoms with van der Waals surface area (Å²) in [5, 5.41) is 10.7. The number of phenolic OH excluding ortho intramolecular Hbond substituents is 1. The molecule has 2 heteroatoms. The monoisotopic (exact) mass is 341 g/mol. The Hall–Kier alpha value is -1.31. The van der Waals surface area contributed by atoms with Crippen LogP contribution in [0.4, 0.5) is 0 Å². The minimum Gasteiger partial charge on any atom is -0.507 e. The number of para-hydroxylation sites is 1. The van der Waals surface area contributed by atoms with Crippen LogP contribution in [-0.2, 0) is 0 Å². The second kappa shape index (κ2) is 7.93. The molecule has 2 nitrogen and oxygen atoms in total. The first kappa shape index (κ1) is 18.5. The van der Waals surface area contributed by atoms with Crippen LogP contribution in [-0.4, -0.2) is 17.4 Å². The van der Waals surface area contributed by atoms with E-state index in [0.29, 0.717) is 23.1 Å². The standard InChI is InChI=1S/C23H35NO/c1-23(2,3)19-12-14-20(15-13-19)24-16-18-10-7-11-21(22(18)25)17-8-5-4-6-9-17/h7,10-11,16-17,19-20,25H,4-6,8-9,12-15H2,1-3H3. The van der Waals surface area contributed by atoms with E-state index in [4.69, 9.17) is 4.99 Å². The third-order valence-electron chi connectivity index (χ3n) is 6.49. The highest BCUT2D eigenvalue weighted by molar-refractivity contribution is 5.84. The Labute approximate surface area is 153 Å². The maximum absolute atomic E-state index is 10.7. The topological polar surface area (TPSA) is 32.6 Å². The van der Waals surface area contributed by atoms with Crippen LogP contribution in [0.1, 0.15) is 95.6 Å². The molecule has 0 atom stereocenters. The van der Waals surface area contributed by atoms with Crippen molar-refractivity contribution >= 4 is 6.21 Å². The van der Waals surface area contributed by atoms with E-state index in [1.165, 1.54) is 57.8 Å². The highest BCUT2D eigenvalue weighted by atomic mass is 16.3. The van der Waals surface area contributed by atoms with Gasteiger partial charge in [0.25, 0.3) is 0 Å². The Balaban J connectivity index is 1.64. The van der Waals surface area contributed by atoms with Gasteiger partial charge in [0.1, 0.15) is 5.75 Å². The number of hydrogen-bond acceptors (Lipinski definition) is 2. The first-order valence-corrected chi connectivity index (χ1v) is 10.3. The zero-order valence-corrected chi connectivity index (χ0v) is 16.3. The fourth-order valence-electron chi connectivity index (χ4n) is 4.70. The Kier molecular flexibility index (Phi) is 5.86. The molecule has 2 aliphatic carbocycles. The van der Waals surface area contributed by atoms with Crippen LogP contribution >= 0.6 is 0 Å². The zero-order valence-electron chi connectivity index (χ0n) is 16.3. The highest BCUT2D eigenvalue weighted by Crippen LogP contribution is 2.39. The van der Waals surface area contributed by atoms with Crippen molar-refractivity contribution in [3.05, 3.63) is 29.3 Å². The van der Waals surface area contributed by atoms with Gasteiger partial charge in [-0.05, 0) is 67.4 Å². The van der Waals surface area contributed by atoms with Crippen molar-refractivity contribution in [2.24, 2.45) is 16.3 Å². The van der Waals surface area contributed by atoms with E-state index >= 15 is 0 Å². The van der Waals surface area contributed by atoms with E-state index < -0.39 is 0 Å². The van der Waals surface area contributed by atoms with Crippen molar-refractivity contribution in [1.82, 2.24) is 0 Å². The molecule has 1 aromatic rings. The Morgan fingerprint density at radius 3 is 2.28 bits per heavy atom. The summed E-state index contributed by atoms with van der Waals surface area (Å²) in [5.41, 5.74) is 2.46. The summed E-state index contributed by atoms with van der Waals surface area (Å²) in [5.74, 6) is 1.83. The number of aromatic hydroxyl groups is 1. The third kappa shape index (κ3) is 4.65. The molecule has 0 amide bonds. The summed E-state index contributed by atoms with van der Waals surface area (Å²) >= 11 is 0. The van der Waals surface area contributed by atoms with E-state index in [0.717, 1.165) is 17.0 Å². The molecule has 0 aromatic heterocycles. The lowest BCUT2D eigenvalue weighted by atomic mass is 9.71. The molecule has 138 valence electrons. The summed E-state index contributed by atoms with van der Waals surface area (Å²) in [6, 6.07) is 6.63. The quantitative estimate of drug-likeness (QED) is 0.628. The summed E-state index contributed by atoms with van der Waals surface area (Å²) in [4.78, 5) is 4.83. The molecule has 2 fully saturated rings. The Bertz CT molecular complexity index is 585. The number of nitrogens with zero attached hydrogens (tertiary/aromatic N) is 1. The maximum atomic E-state index is 10.7. The molecule has 0 spiro atoms. The van der Waals surface area contributed by atoms with E-state index in [-0.39, 0.29) is 0 Å². The van der Waals surface area contributed by atoms with Gasteiger partial charge in [-0.3, -0.25) is 4.99 Å². The summed E-state index contributed by atoms with van der Waals surface area (Å²) in [6.45, 7) is 7.07. The average Bonchev–Trinajstić information content (AvgIpc) is 2.61.